The first-order chi connectivity index (χ1) is 4.77. The molecule has 0 atom stereocenters. The van der Waals surface area contributed by atoms with Crippen LogP contribution in [-0.2, 0) is 0 Å². The summed E-state index contributed by atoms with van der Waals surface area (Å²) in [6.45, 7) is 6.88. The first-order valence-corrected chi connectivity index (χ1v) is 4.77. The molecule has 0 N–H and O–H groups in total. The molecular formula is C10H23Na. The van der Waals surface area contributed by atoms with Gasteiger partial charge < -0.3 is 1.43 Å². The topological polar surface area (TPSA) is 0 Å². The quantitative estimate of drug-likeness (QED) is 0.410. The maximum atomic E-state index is 2.31. The fourth-order valence-electron chi connectivity index (χ4n) is 1.16. The zero-order valence-corrected chi connectivity index (χ0v) is 10.8. The van der Waals surface area contributed by atoms with E-state index in [2.05, 4.69) is 20.8 Å². The first-order valence-electron chi connectivity index (χ1n) is 4.77. The van der Waals surface area contributed by atoms with E-state index in [1.165, 1.54) is 38.5 Å². The third kappa shape index (κ3) is 13.9. The Kier molecular flexibility index (Phi) is 14.5. The van der Waals surface area contributed by atoms with Gasteiger partial charge in [-0.3, -0.25) is 0 Å². The molecule has 0 aliphatic carbocycles. The van der Waals surface area contributed by atoms with Crippen LogP contribution in [0.5, 0.6) is 0 Å². The Bertz CT molecular complexity index is 64.9. The molecule has 0 fully saturated rings. The second-order valence-corrected chi connectivity index (χ2v) is 3.60. The molecule has 0 aromatic rings. The molecule has 0 aliphatic rings. The molecule has 0 saturated heterocycles. The molecule has 0 aromatic heterocycles. The van der Waals surface area contributed by atoms with Crippen LogP contribution in [0, 0.1) is 5.92 Å². The molecule has 64 valence electrons. The summed E-state index contributed by atoms with van der Waals surface area (Å²) in [4.78, 5) is 0. The number of rotatable bonds is 6. The van der Waals surface area contributed by atoms with E-state index in [0.717, 1.165) is 5.92 Å². The molecule has 0 saturated carbocycles. The Hall–Kier alpha value is 1.00. The number of hydrogen-bond acceptors (Lipinski definition) is 0. The third-order valence-corrected chi connectivity index (χ3v) is 1.89. The minimum Gasteiger partial charge on any atom is -1.00 e. The van der Waals surface area contributed by atoms with Crippen molar-refractivity contribution in [2.45, 2.75) is 59.3 Å². The summed E-state index contributed by atoms with van der Waals surface area (Å²) in [7, 11) is 0. The van der Waals surface area contributed by atoms with Gasteiger partial charge in [0, 0.05) is 0 Å². The zero-order chi connectivity index (χ0) is 7.82. The molecule has 0 nitrogen and oxygen atoms in total. The van der Waals surface area contributed by atoms with Gasteiger partial charge in [-0.15, -0.1) is 0 Å². The van der Waals surface area contributed by atoms with Gasteiger partial charge in [-0.1, -0.05) is 59.3 Å². The van der Waals surface area contributed by atoms with Crippen LogP contribution in [-0.4, -0.2) is 0 Å². The summed E-state index contributed by atoms with van der Waals surface area (Å²) in [6.07, 6.45) is 8.55. The molecule has 0 rings (SSSR count). The molecule has 0 unspecified atom stereocenters. The molecule has 0 bridgehead atoms. The van der Waals surface area contributed by atoms with Crippen LogP contribution in [0.15, 0.2) is 0 Å². The Balaban J connectivity index is -0.000000405. The van der Waals surface area contributed by atoms with Gasteiger partial charge in [0.1, 0.15) is 0 Å². The van der Waals surface area contributed by atoms with Gasteiger partial charge >= 0.3 is 29.6 Å². The van der Waals surface area contributed by atoms with Crippen molar-refractivity contribution >= 4 is 0 Å². The Morgan fingerprint density at radius 1 is 1.00 bits per heavy atom. The van der Waals surface area contributed by atoms with Crippen LogP contribution in [0.4, 0.5) is 0 Å². The van der Waals surface area contributed by atoms with E-state index < -0.39 is 0 Å². The number of unbranched alkanes of at least 4 members (excludes halogenated alkanes) is 4. The molecule has 0 aromatic carbocycles. The predicted octanol–water partition coefficient (Wildman–Crippen LogP) is 1.12. The monoisotopic (exact) mass is 166 g/mol. The number of hydrogen-bond donors (Lipinski definition) is 0. The van der Waals surface area contributed by atoms with Crippen LogP contribution in [0.1, 0.15) is 60.7 Å². The van der Waals surface area contributed by atoms with Gasteiger partial charge in [0.15, 0.2) is 0 Å². The van der Waals surface area contributed by atoms with Crippen molar-refractivity contribution in [2.24, 2.45) is 5.92 Å². The molecular weight excluding hydrogens is 143 g/mol. The van der Waals surface area contributed by atoms with Crippen molar-refractivity contribution in [1.82, 2.24) is 0 Å². The molecule has 0 spiro atoms. The van der Waals surface area contributed by atoms with E-state index in [1.54, 1.807) is 0 Å². The normalized spacial score (nSPS) is 9.82. The summed E-state index contributed by atoms with van der Waals surface area (Å²) < 4.78 is 0. The van der Waals surface area contributed by atoms with Gasteiger partial charge in [-0.05, 0) is 5.92 Å². The van der Waals surface area contributed by atoms with Crippen molar-refractivity contribution in [3.63, 3.8) is 0 Å². The second-order valence-electron chi connectivity index (χ2n) is 3.60. The van der Waals surface area contributed by atoms with Gasteiger partial charge in [0.05, 0.1) is 0 Å². The van der Waals surface area contributed by atoms with E-state index in [-0.39, 0.29) is 31.0 Å². The Labute approximate surface area is 95.9 Å². The fraction of sp³-hybridized carbons (Fsp3) is 1.00. The first kappa shape index (κ1) is 14.5. The van der Waals surface area contributed by atoms with Crippen LogP contribution in [0.3, 0.4) is 0 Å². The summed E-state index contributed by atoms with van der Waals surface area (Å²) >= 11 is 0. The standard InChI is InChI=1S/C10H22.Na.H/c1-4-5-6-7-8-9-10(2)3;;/h10H,4-9H2,1-3H3;;/q;+1;-1. The van der Waals surface area contributed by atoms with Gasteiger partial charge in [0.2, 0.25) is 0 Å². The Morgan fingerprint density at radius 2 is 1.55 bits per heavy atom. The second kappa shape index (κ2) is 11.0. The third-order valence-electron chi connectivity index (χ3n) is 1.89. The van der Waals surface area contributed by atoms with Crippen molar-refractivity contribution in [3.8, 4) is 0 Å². The van der Waals surface area contributed by atoms with Crippen molar-refractivity contribution in [1.29, 1.82) is 0 Å². The van der Waals surface area contributed by atoms with Crippen LogP contribution in [0.2, 0.25) is 0 Å². The summed E-state index contributed by atoms with van der Waals surface area (Å²) in [6, 6.07) is 0. The zero-order valence-electron chi connectivity index (χ0n) is 9.82. The average molecular weight is 166 g/mol. The van der Waals surface area contributed by atoms with Crippen molar-refractivity contribution in [2.75, 3.05) is 0 Å². The van der Waals surface area contributed by atoms with E-state index >= 15 is 0 Å². The molecule has 0 aliphatic heterocycles. The average Bonchev–Trinajstić information content (AvgIpc) is 1.87. The maximum absolute atomic E-state index is 2.31. The SMILES string of the molecule is CCCCCCCC(C)C.[H-].[Na+]. The summed E-state index contributed by atoms with van der Waals surface area (Å²) in [5, 5.41) is 0. The maximum Gasteiger partial charge on any atom is 1.00 e. The van der Waals surface area contributed by atoms with E-state index in [9.17, 15) is 0 Å². The van der Waals surface area contributed by atoms with Gasteiger partial charge in [-0.25, -0.2) is 0 Å². The van der Waals surface area contributed by atoms with Crippen LogP contribution < -0.4 is 29.6 Å². The molecule has 0 amide bonds. The molecule has 0 radical (unpaired) electrons. The predicted molar refractivity (Wildman–Crippen MR) is 49.3 cm³/mol. The van der Waals surface area contributed by atoms with Gasteiger partial charge in [0.25, 0.3) is 0 Å². The fourth-order valence-corrected chi connectivity index (χ4v) is 1.16. The summed E-state index contributed by atoms with van der Waals surface area (Å²) in [5.41, 5.74) is 0. The smallest absolute Gasteiger partial charge is 1.00 e. The van der Waals surface area contributed by atoms with Crippen molar-refractivity contribution < 1.29 is 31.0 Å². The molecule has 1 heteroatoms. The summed E-state index contributed by atoms with van der Waals surface area (Å²) in [5.74, 6) is 0.904. The minimum absolute atomic E-state index is 0. The molecule has 0 heterocycles. The van der Waals surface area contributed by atoms with E-state index in [1.807, 2.05) is 0 Å². The van der Waals surface area contributed by atoms with Crippen molar-refractivity contribution in [3.05, 3.63) is 0 Å². The van der Waals surface area contributed by atoms with Gasteiger partial charge in [-0.2, -0.15) is 0 Å². The van der Waals surface area contributed by atoms with Crippen LogP contribution in [0.25, 0.3) is 0 Å². The van der Waals surface area contributed by atoms with Crippen LogP contribution >= 0.6 is 0 Å². The largest absolute Gasteiger partial charge is 1.00 e. The Morgan fingerprint density at radius 3 is 2.00 bits per heavy atom. The molecule has 11 heavy (non-hydrogen) atoms. The van der Waals surface area contributed by atoms with E-state index in [4.69, 9.17) is 0 Å². The minimum atomic E-state index is 0. The van der Waals surface area contributed by atoms with E-state index in [0.29, 0.717) is 0 Å².